The second kappa shape index (κ2) is 5.60. The van der Waals surface area contributed by atoms with Crippen LogP contribution in [0.25, 0.3) is 11.0 Å². The maximum absolute atomic E-state index is 4.74. The van der Waals surface area contributed by atoms with Crippen LogP contribution in [0, 0.1) is 13.8 Å². The number of rotatable bonds is 4. The van der Waals surface area contributed by atoms with E-state index in [2.05, 4.69) is 73.2 Å². The molecule has 0 atom stereocenters. The molecule has 0 aliphatic heterocycles. The van der Waals surface area contributed by atoms with Crippen molar-refractivity contribution < 1.29 is 0 Å². The average molecular weight is 279 g/mol. The molecule has 3 rings (SSSR count). The van der Waals surface area contributed by atoms with Gasteiger partial charge in [0, 0.05) is 25.7 Å². The van der Waals surface area contributed by atoms with Crippen LogP contribution in [0.1, 0.15) is 17.0 Å². The molecule has 0 aliphatic rings. The zero-order valence-corrected chi connectivity index (χ0v) is 12.9. The highest BCUT2D eigenvalue weighted by Crippen LogP contribution is 2.17. The minimum absolute atomic E-state index is 0.888. The molecule has 0 amide bonds. The maximum Gasteiger partial charge on any atom is 0.111 e. The molecule has 21 heavy (non-hydrogen) atoms. The summed E-state index contributed by atoms with van der Waals surface area (Å²) in [7, 11) is 2.09. The molecular weight excluding hydrogens is 258 g/mol. The fourth-order valence-corrected chi connectivity index (χ4v) is 2.57. The second-order valence-electron chi connectivity index (χ2n) is 5.62. The van der Waals surface area contributed by atoms with Crippen LogP contribution < -0.4 is 5.32 Å². The van der Waals surface area contributed by atoms with Crippen molar-refractivity contribution in [3.05, 3.63) is 59.4 Å². The van der Waals surface area contributed by atoms with Crippen molar-refractivity contribution in [1.29, 1.82) is 0 Å². The predicted molar refractivity (Wildman–Crippen MR) is 88.8 cm³/mol. The molecule has 0 saturated heterocycles. The van der Waals surface area contributed by atoms with Gasteiger partial charge < -0.3 is 9.88 Å². The lowest BCUT2D eigenvalue weighted by atomic mass is 10.2. The summed E-state index contributed by atoms with van der Waals surface area (Å²) >= 11 is 0. The molecule has 2 aromatic carbocycles. The first-order valence-electron chi connectivity index (χ1n) is 7.36. The Hall–Kier alpha value is -2.29. The highest BCUT2D eigenvalue weighted by Gasteiger charge is 2.07. The Bertz CT molecular complexity index is 754. The Morgan fingerprint density at radius 3 is 2.48 bits per heavy atom. The van der Waals surface area contributed by atoms with Gasteiger partial charge in [-0.05, 0) is 43.7 Å². The first-order valence-corrected chi connectivity index (χ1v) is 7.36. The summed E-state index contributed by atoms with van der Waals surface area (Å²) in [4.78, 5) is 4.74. The fourth-order valence-electron chi connectivity index (χ4n) is 2.57. The van der Waals surface area contributed by atoms with Gasteiger partial charge in [-0.25, -0.2) is 4.98 Å². The molecule has 0 saturated carbocycles. The molecule has 0 bridgehead atoms. The normalized spacial score (nSPS) is 11.0. The van der Waals surface area contributed by atoms with Crippen LogP contribution in [0.2, 0.25) is 0 Å². The summed E-state index contributed by atoms with van der Waals surface area (Å²) in [6.45, 7) is 5.09. The van der Waals surface area contributed by atoms with Crippen LogP contribution in [0.4, 0.5) is 5.69 Å². The Labute approximate surface area is 125 Å². The number of aryl methyl sites for hydroxylation is 3. The molecule has 3 heteroatoms. The first-order chi connectivity index (χ1) is 10.1. The van der Waals surface area contributed by atoms with Gasteiger partial charge in [0.05, 0.1) is 11.0 Å². The lowest BCUT2D eigenvalue weighted by molar-refractivity contribution is 0.808. The lowest BCUT2D eigenvalue weighted by Gasteiger charge is -2.07. The van der Waals surface area contributed by atoms with Gasteiger partial charge in [-0.2, -0.15) is 0 Å². The highest BCUT2D eigenvalue weighted by atomic mass is 15.1. The van der Waals surface area contributed by atoms with Gasteiger partial charge in [0.15, 0.2) is 0 Å². The third kappa shape index (κ3) is 2.92. The molecule has 0 fully saturated rings. The van der Waals surface area contributed by atoms with Crippen molar-refractivity contribution in [2.24, 2.45) is 7.05 Å². The average Bonchev–Trinajstić information content (AvgIpc) is 2.77. The van der Waals surface area contributed by atoms with Crippen LogP contribution in [0.15, 0.2) is 42.5 Å². The van der Waals surface area contributed by atoms with E-state index in [9.17, 15) is 0 Å². The Kier molecular flexibility index (Phi) is 3.65. The van der Waals surface area contributed by atoms with E-state index in [1.807, 2.05) is 0 Å². The van der Waals surface area contributed by atoms with Crippen LogP contribution in [-0.4, -0.2) is 16.1 Å². The van der Waals surface area contributed by atoms with Gasteiger partial charge in [0.25, 0.3) is 0 Å². The van der Waals surface area contributed by atoms with Crippen LogP contribution in [0.3, 0.4) is 0 Å². The molecule has 0 spiro atoms. The smallest absolute Gasteiger partial charge is 0.111 e. The number of nitrogens with zero attached hydrogens (tertiary/aromatic N) is 2. The second-order valence-corrected chi connectivity index (χ2v) is 5.62. The number of aromatic nitrogens is 2. The summed E-state index contributed by atoms with van der Waals surface area (Å²) in [5, 5.41) is 3.45. The van der Waals surface area contributed by atoms with E-state index in [1.165, 1.54) is 16.6 Å². The van der Waals surface area contributed by atoms with Gasteiger partial charge in [-0.1, -0.05) is 23.8 Å². The maximum atomic E-state index is 4.74. The third-order valence-corrected chi connectivity index (χ3v) is 3.86. The summed E-state index contributed by atoms with van der Waals surface area (Å²) in [5.74, 6) is 1.12. The highest BCUT2D eigenvalue weighted by molar-refractivity contribution is 5.76. The van der Waals surface area contributed by atoms with Gasteiger partial charge in [0.2, 0.25) is 0 Å². The zero-order chi connectivity index (χ0) is 14.8. The van der Waals surface area contributed by atoms with Gasteiger partial charge in [0.1, 0.15) is 5.82 Å². The van der Waals surface area contributed by atoms with Crippen molar-refractivity contribution in [2.45, 2.75) is 20.3 Å². The number of nitrogens with one attached hydrogen (secondary N) is 1. The number of fused-ring (bicyclic) bond motifs is 1. The fraction of sp³-hybridized carbons (Fsp3) is 0.278. The molecule has 1 aromatic heterocycles. The number of imidazole rings is 1. The molecule has 1 heterocycles. The lowest BCUT2D eigenvalue weighted by Crippen LogP contribution is -2.08. The van der Waals surface area contributed by atoms with Gasteiger partial charge >= 0.3 is 0 Å². The van der Waals surface area contributed by atoms with E-state index in [-0.39, 0.29) is 0 Å². The molecular formula is C18H21N3. The predicted octanol–water partition coefficient (Wildman–Crippen LogP) is 3.84. The summed E-state index contributed by atoms with van der Waals surface area (Å²) in [6, 6.07) is 14.9. The van der Waals surface area contributed by atoms with Crippen LogP contribution in [-0.2, 0) is 13.5 Å². The largest absolute Gasteiger partial charge is 0.385 e. The number of anilines is 1. The molecule has 1 N–H and O–H groups in total. The number of benzene rings is 2. The quantitative estimate of drug-likeness (QED) is 0.786. The number of hydrogen-bond acceptors (Lipinski definition) is 2. The van der Waals surface area contributed by atoms with Gasteiger partial charge in [-0.15, -0.1) is 0 Å². The molecule has 0 radical (unpaired) electrons. The Morgan fingerprint density at radius 2 is 1.71 bits per heavy atom. The molecule has 0 aliphatic carbocycles. The molecule has 108 valence electrons. The van der Waals surface area contributed by atoms with E-state index in [1.54, 1.807) is 0 Å². The monoisotopic (exact) mass is 279 g/mol. The van der Waals surface area contributed by atoms with Gasteiger partial charge in [-0.3, -0.25) is 0 Å². The standard InChI is InChI=1S/C18H21N3/c1-13-4-7-15(8-5-13)19-11-10-18-20-16-12-14(2)6-9-17(16)21(18)3/h4-9,12,19H,10-11H2,1-3H3. The van der Waals surface area contributed by atoms with E-state index in [4.69, 9.17) is 4.98 Å². The van der Waals surface area contributed by atoms with E-state index < -0.39 is 0 Å². The Morgan fingerprint density at radius 1 is 1.00 bits per heavy atom. The van der Waals surface area contributed by atoms with Crippen molar-refractivity contribution >= 4 is 16.7 Å². The van der Waals surface area contributed by atoms with Crippen molar-refractivity contribution in [3.63, 3.8) is 0 Å². The van der Waals surface area contributed by atoms with Crippen LogP contribution in [0.5, 0.6) is 0 Å². The third-order valence-electron chi connectivity index (χ3n) is 3.86. The SMILES string of the molecule is Cc1ccc(NCCc2nc3cc(C)ccc3n2C)cc1. The van der Waals surface area contributed by atoms with Crippen molar-refractivity contribution in [1.82, 2.24) is 9.55 Å². The Balaban J connectivity index is 1.70. The molecule has 3 aromatic rings. The van der Waals surface area contributed by atoms with Crippen molar-refractivity contribution in [3.8, 4) is 0 Å². The van der Waals surface area contributed by atoms with Crippen molar-refractivity contribution in [2.75, 3.05) is 11.9 Å². The van der Waals surface area contributed by atoms with Crippen LogP contribution >= 0.6 is 0 Å². The topological polar surface area (TPSA) is 29.9 Å². The minimum Gasteiger partial charge on any atom is -0.385 e. The molecule has 3 nitrogen and oxygen atoms in total. The van der Waals surface area contributed by atoms with E-state index in [0.29, 0.717) is 0 Å². The summed E-state index contributed by atoms with van der Waals surface area (Å²) in [5.41, 5.74) is 5.99. The first kappa shape index (κ1) is 13.7. The minimum atomic E-state index is 0.888. The van der Waals surface area contributed by atoms with E-state index in [0.717, 1.165) is 30.0 Å². The summed E-state index contributed by atoms with van der Waals surface area (Å²) in [6.07, 6.45) is 0.915. The summed E-state index contributed by atoms with van der Waals surface area (Å²) < 4.78 is 2.19. The van der Waals surface area contributed by atoms with E-state index >= 15 is 0 Å². The number of hydrogen-bond donors (Lipinski definition) is 1. The molecule has 0 unspecified atom stereocenters. The zero-order valence-electron chi connectivity index (χ0n) is 12.9.